The van der Waals surface area contributed by atoms with Crippen LogP contribution in [0.2, 0.25) is 0 Å². The molecule has 0 heterocycles. The first-order valence-electron chi connectivity index (χ1n) is 8.47. The number of aliphatic carboxylic acids is 1. The highest BCUT2D eigenvalue weighted by Crippen LogP contribution is 2.02. The van der Waals surface area contributed by atoms with Crippen LogP contribution in [0.4, 0.5) is 0 Å². The molecule has 3 atom stereocenters. The molecule has 25 heavy (non-hydrogen) atoms. The van der Waals surface area contributed by atoms with Crippen LogP contribution in [0, 0.1) is 0 Å². The summed E-state index contributed by atoms with van der Waals surface area (Å²) in [6, 6.07) is -3.19. The summed E-state index contributed by atoms with van der Waals surface area (Å²) in [6.07, 6.45) is 3.19. The SMILES string of the molecule is NCCCCC(N)C(=O)NC(CO)C(=O)NC(CCCCN)C(=O)O. The summed E-state index contributed by atoms with van der Waals surface area (Å²) < 4.78 is 0. The van der Waals surface area contributed by atoms with Crippen molar-refractivity contribution in [2.45, 2.75) is 56.7 Å². The van der Waals surface area contributed by atoms with Gasteiger partial charge in [0, 0.05) is 0 Å². The van der Waals surface area contributed by atoms with E-state index in [1.54, 1.807) is 0 Å². The number of carbonyl (C=O) groups excluding carboxylic acids is 2. The first kappa shape index (κ1) is 23.2. The predicted octanol–water partition coefficient (Wildman–Crippen LogP) is -2.38. The quantitative estimate of drug-likeness (QED) is 0.167. The second-order valence-corrected chi connectivity index (χ2v) is 5.82. The number of aliphatic hydroxyl groups excluding tert-OH is 1. The van der Waals surface area contributed by atoms with Crippen LogP contribution in [-0.4, -0.2) is 65.8 Å². The van der Waals surface area contributed by atoms with E-state index in [1.165, 1.54) is 0 Å². The number of nitrogens with one attached hydrogen (secondary N) is 2. The Morgan fingerprint density at radius 2 is 1.36 bits per heavy atom. The third-order valence-corrected chi connectivity index (χ3v) is 3.68. The Hall–Kier alpha value is -1.75. The molecule has 0 rings (SSSR count). The maximum absolute atomic E-state index is 12.1. The maximum atomic E-state index is 12.1. The number of nitrogens with two attached hydrogens (primary N) is 3. The second-order valence-electron chi connectivity index (χ2n) is 5.82. The minimum Gasteiger partial charge on any atom is -0.480 e. The van der Waals surface area contributed by atoms with Crippen LogP contribution in [0.5, 0.6) is 0 Å². The molecule has 0 saturated heterocycles. The normalized spacial score (nSPS) is 14.4. The zero-order valence-electron chi connectivity index (χ0n) is 14.4. The molecule has 0 bridgehead atoms. The largest absolute Gasteiger partial charge is 0.480 e. The lowest BCUT2D eigenvalue weighted by molar-refractivity contribution is -0.142. The third-order valence-electron chi connectivity index (χ3n) is 3.68. The van der Waals surface area contributed by atoms with E-state index < -0.39 is 42.5 Å². The summed E-state index contributed by atoms with van der Waals surface area (Å²) >= 11 is 0. The summed E-state index contributed by atoms with van der Waals surface area (Å²) in [5.41, 5.74) is 16.4. The van der Waals surface area contributed by atoms with Gasteiger partial charge in [0.05, 0.1) is 12.6 Å². The van der Waals surface area contributed by atoms with Gasteiger partial charge in [-0.2, -0.15) is 0 Å². The Bertz CT molecular complexity index is 421. The molecule has 0 fully saturated rings. The fraction of sp³-hybridized carbons (Fsp3) is 0.800. The third kappa shape index (κ3) is 9.97. The Labute approximate surface area is 147 Å². The molecule has 10 heteroatoms. The number of unbranched alkanes of at least 4 members (excludes halogenated alkanes) is 2. The fourth-order valence-corrected chi connectivity index (χ4v) is 2.14. The Morgan fingerprint density at radius 1 is 0.840 bits per heavy atom. The molecule has 0 radical (unpaired) electrons. The van der Waals surface area contributed by atoms with Gasteiger partial charge in [0.2, 0.25) is 11.8 Å². The Morgan fingerprint density at radius 3 is 1.84 bits per heavy atom. The monoisotopic (exact) mass is 361 g/mol. The molecule has 0 saturated carbocycles. The van der Waals surface area contributed by atoms with Crippen molar-refractivity contribution >= 4 is 17.8 Å². The number of aliphatic hydroxyl groups is 1. The van der Waals surface area contributed by atoms with Crippen molar-refractivity contribution < 1.29 is 24.6 Å². The highest BCUT2D eigenvalue weighted by molar-refractivity contribution is 5.91. The van der Waals surface area contributed by atoms with E-state index in [2.05, 4.69) is 10.6 Å². The van der Waals surface area contributed by atoms with Gasteiger partial charge in [0.25, 0.3) is 0 Å². The zero-order chi connectivity index (χ0) is 19.2. The molecule has 3 unspecified atom stereocenters. The number of hydrogen-bond acceptors (Lipinski definition) is 7. The summed E-state index contributed by atoms with van der Waals surface area (Å²) in [7, 11) is 0. The van der Waals surface area contributed by atoms with Gasteiger partial charge < -0.3 is 38.0 Å². The zero-order valence-corrected chi connectivity index (χ0v) is 14.4. The van der Waals surface area contributed by atoms with Gasteiger partial charge in [-0.1, -0.05) is 6.42 Å². The van der Waals surface area contributed by atoms with Gasteiger partial charge >= 0.3 is 5.97 Å². The molecular weight excluding hydrogens is 330 g/mol. The average Bonchev–Trinajstić information content (AvgIpc) is 2.58. The molecular formula is C15H31N5O5. The van der Waals surface area contributed by atoms with Crippen LogP contribution < -0.4 is 27.8 Å². The van der Waals surface area contributed by atoms with E-state index in [-0.39, 0.29) is 6.42 Å². The van der Waals surface area contributed by atoms with Gasteiger partial charge in [0.1, 0.15) is 12.1 Å². The summed E-state index contributed by atoms with van der Waals surface area (Å²) in [6.45, 7) is 0.261. The molecule has 0 aliphatic rings. The van der Waals surface area contributed by atoms with Crippen LogP contribution in [0.25, 0.3) is 0 Å². The van der Waals surface area contributed by atoms with Crippen molar-refractivity contribution in [2.75, 3.05) is 19.7 Å². The topological polar surface area (TPSA) is 194 Å². The molecule has 2 amide bonds. The van der Waals surface area contributed by atoms with Gasteiger partial charge in [-0.15, -0.1) is 0 Å². The van der Waals surface area contributed by atoms with E-state index in [4.69, 9.17) is 22.3 Å². The van der Waals surface area contributed by atoms with Crippen LogP contribution in [0.15, 0.2) is 0 Å². The molecule has 0 aromatic heterocycles. The van der Waals surface area contributed by atoms with Crippen LogP contribution >= 0.6 is 0 Å². The number of hydrogen-bond donors (Lipinski definition) is 7. The molecule has 10 nitrogen and oxygen atoms in total. The number of amides is 2. The van der Waals surface area contributed by atoms with Gasteiger partial charge in [0.15, 0.2) is 0 Å². The standard InChI is InChI=1S/C15H31N5O5/c16-7-3-1-5-10(18)13(22)20-12(9-21)14(23)19-11(15(24)25)6-2-4-8-17/h10-12,21H,1-9,16-18H2,(H,19,23)(H,20,22)(H,24,25). The van der Waals surface area contributed by atoms with Crippen molar-refractivity contribution in [1.82, 2.24) is 10.6 Å². The summed E-state index contributed by atoms with van der Waals surface area (Å²) in [4.78, 5) is 35.3. The van der Waals surface area contributed by atoms with Crippen LogP contribution in [0.3, 0.4) is 0 Å². The molecule has 0 aliphatic carbocycles. The number of carbonyl (C=O) groups is 3. The first-order chi connectivity index (χ1) is 11.9. The van der Waals surface area contributed by atoms with E-state index in [0.29, 0.717) is 38.8 Å². The molecule has 0 spiro atoms. The lowest BCUT2D eigenvalue weighted by Gasteiger charge is -2.21. The van der Waals surface area contributed by atoms with E-state index in [1.807, 2.05) is 0 Å². The average molecular weight is 361 g/mol. The van der Waals surface area contributed by atoms with E-state index in [9.17, 15) is 19.5 Å². The Kier molecular flexibility index (Phi) is 12.6. The van der Waals surface area contributed by atoms with Gasteiger partial charge in [-0.3, -0.25) is 9.59 Å². The van der Waals surface area contributed by atoms with Crippen molar-refractivity contribution in [3.63, 3.8) is 0 Å². The lowest BCUT2D eigenvalue weighted by atomic mass is 10.1. The van der Waals surface area contributed by atoms with E-state index in [0.717, 1.165) is 6.42 Å². The highest BCUT2D eigenvalue weighted by Gasteiger charge is 2.27. The number of carboxylic acid groups (broad SMARTS) is 1. The van der Waals surface area contributed by atoms with Crippen molar-refractivity contribution in [3.8, 4) is 0 Å². The van der Waals surface area contributed by atoms with Gasteiger partial charge in [-0.25, -0.2) is 4.79 Å². The van der Waals surface area contributed by atoms with E-state index >= 15 is 0 Å². The smallest absolute Gasteiger partial charge is 0.326 e. The first-order valence-corrected chi connectivity index (χ1v) is 8.47. The maximum Gasteiger partial charge on any atom is 0.326 e. The fourth-order valence-electron chi connectivity index (χ4n) is 2.14. The minimum absolute atomic E-state index is 0.211. The molecule has 0 aromatic rings. The number of carboxylic acids is 1. The molecule has 0 aromatic carbocycles. The molecule has 146 valence electrons. The van der Waals surface area contributed by atoms with Crippen LogP contribution in [0.1, 0.15) is 38.5 Å². The second kappa shape index (κ2) is 13.5. The number of rotatable bonds is 14. The molecule has 0 aliphatic heterocycles. The van der Waals surface area contributed by atoms with Gasteiger partial charge in [-0.05, 0) is 45.2 Å². The summed E-state index contributed by atoms with van der Waals surface area (Å²) in [5, 5.41) is 23.1. The van der Waals surface area contributed by atoms with Crippen molar-refractivity contribution in [3.05, 3.63) is 0 Å². The highest BCUT2D eigenvalue weighted by atomic mass is 16.4. The summed E-state index contributed by atoms with van der Waals surface area (Å²) in [5.74, 6) is -2.54. The Balaban J connectivity index is 4.56. The van der Waals surface area contributed by atoms with Crippen LogP contribution in [-0.2, 0) is 14.4 Å². The molecule has 10 N–H and O–H groups in total. The minimum atomic E-state index is -1.26. The predicted molar refractivity (Wildman–Crippen MR) is 92.4 cm³/mol. The lowest BCUT2D eigenvalue weighted by Crippen LogP contribution is -2.55. The van der Waals surface area contributed by atoms with Crippen molar-refractivity contribution in [2.24, 2.45) is 17.2 Å². The van der Waals surface area contributed by atoms with Crippen molar-refractivity contribution in [1.29, 1.82) is 0 Å².